The Morgan fingerprint density at radius 1 is 1.24 bits per heavy atom. The average Bonchev–Trinajstić information content (AvgIpc) is 2.89. The highest BCUT2D eigenvalue weighted by Gasteiger charge is 2.16. The van der Waals surface area contributed by atoms with Gasteiger partial charge in [-0.3, -0.25) is 0 Å². The van der Waals surface area contributed by atoms with Crippen LogP contribution in [-0.4, -0.2) is 35.7 Å². The summed E-state index contributed by atoms with van der Waals surface area (Å²) in [5.41, 5.74) is 1.98. The molecule has 0 saturated carbocycles. The van der Waals surface area contributed by atoms with Crippen molar-refractivity contribution in [2.45, 2.75) is 4.90 Å². The Morgan fingerprint density at radius 2 is 2.00 bits per heavy atom. The van der Waals surface area contributed by atoms with Crippen LogP contribution >= 0.6 is 10.7 Å². The van der Waals surface area contributed by atoms with Crippen molar-refractivity contribution in [2.75, 3.05) is 7.11 Å². The number of halogens is 1. The van der Waals surface area contributed by atoms with Crippen LogP contribution in [0.2, 0.25) is 0 Å². The van der Waals surface area contributed by atoms with Gasteiger partial charge in [0.05, 0.1) is 35.5 Å². The molecule has 1 aromatic carbocycles. The van der Waals surface area contributed by atoms with Crippen LogP contribution in [0.15, 0.2) is 35.5 Å². The van der Waals surface area contributed by atoms with E-state index < -0.39 is 9.05 Å². The maximum atomic E-state index is 11.4. The highest BCUT2D eigenvalue weighted by molar-refractivity contribution is 8.13. The van der Waals surface area contributed by atoms with Crippen LogP contribution < -0.4 is 4.74 Å². The standard InChI is InChI=1S/C12H9ClN4O3S/c1-20-11-4-7(21(13,18)19)2-3-8(11)12-16-9-5-14-15-6-10(9)17-12/h2-6H,1H3,(H,16,17). The van der Waals surface area contributed by atoms with Crippen molar-refractivity contribution in [2.24, 2.45) is 0 Å². The topological polar surface area (TPSA) is 97.8 Å². The number of H-pyrrole nitrogens is 1. The Labute approximate surface area is 124 Å². The first-order valence-electron chi connectivity index (χ1n) is 5.78. The summed E-state index contributed by atoms with van der Waals surface area (Å²) in [6.45, 7) is 0. The second-order valence-electron chi connectivity index (χ2n) is 4.17. The van der Waals surface area contributed by atoms with Gasteiger partial charge in [-0.05, 0) is 12.1 Å². The molecule has 21 heavy (non-hydrogen) atoms. The molecule has 9 heteroatoms. The third kappa shape index (κ3) is 2.55. The number of rotatable bonds is 3. The van der Waals surface area contributed by atoms with Gasteiger partial charge in [-0.15, -0.1) is 0 Å². The fourth-order valence-electron chi connectivity index (χ4n) is 1.92. The summed E-state index contributed by atoms with van der Waals surface area (Å²) in [4.78, 5) is 7.39. The third-order valence-corrected chi connectivity index (χ3v) is 4.26. The zero-order valence-corrected chi connectivity index (χ0v) is 12.3. The Morgan fingerprint density at radius 3 is 2.67 bits per heavy atom. The minimum Gasteiger partial charge on any atom is -0.496 e. The molecule has 0 spiro atoms. The molecule has 0 atom stereocenters. The molecule has 0 aliphatic carbocycles. The van der Waals surface area contributed by atoms with E-state index in [1.54, 1.807) is 12.3 Å². The van der Waals surface area contributed by atoms with E-state index in [0.29, 0.717) is 22.7 Å². The van der Waals surface area contributed by atoms with E-state index in [2.05, 4.69) is 20.2 Å². The summed E-state index contributed by atoms with van der Waals surface area (Å²) >= 11 is 0. The summed E-state index contributed by atoms with van der Waals surface area (Å²) in [6, 6.07) is 4.32. The molecule has 0 fully saturated rings. The summed E-state index contributed by atoms with van der Waals surface area (Å²) in [6.07, 6.45) is 3.08. The predicted molar refractivity (Wildman–Crippen MR) is 76.7 cm³/mol. The van der Waals surface area contributed by atoms with Gasteiger partial charge >= 0.3 is 0 Å². The lowest BCUT2D eigenvalue weighted by Crippen LogP contribution is -1.95. The number of hydrogen-bond acceptors (Lipinski definition) is 6. The van der Waals surface area contributed by atoms with Crippen LogP contribution in [0, 0.1) is 0 Å². The molecule has 2 heterocycles. The van der Waals surface area contributed by atoms with Gasteiger partial charge in [0.25, 0.3) is 9.05 Å². The molecule has 0 saturated heterocycles. The number of nitrogens with one attached hydrogen (secondary N) is 1. The van der Waals surface area contributed by atoms with Gasteiger partial charge in [0.1, 0.15) is 17.1 Å². The molecule has 7 nitrogen and oxygen atoms in total. The van der Waals surface area contributed by atoms with Gasteiger partial charge < -0.3 is 9.72 Å². The molecule has 0 unspecified atom stereocenters. The number of fused-ring (bicyclic) bond motifs is 1. The van der Waals surface area contributed by atoms with E-state index in [1.165, 1.54) is 25.4 Å². The van der Waals surface area contributed by atoms with Gasteiger partial charge in [-0.1, -0.05) is 0 Å². The molecule has 3 rings (SSSR count). The number of ether oxygens (including phenoxy) is 1. The van der Waals surface area contributed by atoms with Crippen LogP contribution in [0.3, 0.4) is 0 Å². The number of aromatic amines is 1. The van der Waals surface area contributed by atoms with Crippen molar-refractivity contribution in [1.29, 1.82) is 0 Å². The molecular formula is C12H9ClN4O3S. The highest BCUT2D eigenvalue weighted by atomic mass is 35.7. The van der Waals surface area contributed by atoms with E-state index in [-0.39, 0.29) is 4.90 Å². The van der Waals surface area contributed by atoms with Crippen molar-refractivity contribution in [3.63, 3.8) is 0 Å². The number of methoxy groups -OCH3 is 1. The zero-order valence-electron chi connectivity index (χ0n) is 10.7. The molecule has 0 radical (unpaired) electrons. The number of nitrogens with zero attached hydrogens (tertiary/aromatic N) is 3. The molecule has 0 aliphatic heterocycles. The molecule has 0 bridgehead atoms. The highest BCUT2D eigenvalue weighted by Crippen LogP contribution is 2.32. The Bertz CT molecular complexity index is 890. The van der Waals surface area contributed by atoms with Gasteiger partial charge in [0.15, 0.2) is 0 Å². The number of imidazole rings is 1. The van der Waals surface area contributed by atoms with E-state index in [1.807, 2.05) is 0 Å². The molecular weight excluding hydrogens is 316 g/mol. The summed E-state index contributed by atoms with van der Waals surface area (Å²) in [7, 11) is 2.95. The van der Waals surface area contributed by atoms with Crippen LogP contribution in [0.25, 0.3) is 22.4 Å². The predicted octanol–water partition coefficient (Wildman–Crippen LogP) is 1.96. The number of aromatic nitrogens is 4. The first-order chi connectivity index (χ1) is 9.99. The monoisotopic (exact) mass is 324 g/mol. The second-order valence-corrected chi connectivity index (χ2v) is 6.74. The Hall–Kier alpha value is -2.19. The van der Waals surface area contributed by atoms with Crippen molar-refractivity contribution in [1.82, 2.24) is 20.2 Å². The number of benzene rings is 1. The maximum Gasteiger partial charge on any atom is 0.261 e. The maximum absolute atomic E-state index is 11.4. The normalized spacial score (nSPS) is 11.7. The van der Waals surface area contributed by atoms with Gasteiger partial charge in [0.2, 0.25) is 0 Å². The minimum atomic E-state index is -3.82. The van der Waals surface area contributed by atoms with Crippen molar-refractivity contribution in [3.8, 4) is 17.1 Å². The summed E-state index contributed by atoms with van der Waals surface area (Å²) in [5.74, 6) is 0.867. The number of hydrogen-bond donors (Lipinski definition) is 1. The first-order valence-corrected chi connectivity index (χ1v) is 8.09. The lowest BCUT2D eigenvalue weighted by Gasteiger charge is -2.07. The molecule has 0 aliphatic rings. The van der Waals surface area contributed by atoms with Crippen LogP contribution in [0.4, 0.5) is 0 Å². The minimum absolute atomic E-state index is 0.0378. The van der Waals surface area contributed by atoms with Crippen molar-refractivity contribution >= 4 is 30.8 Å². The summed E-state index contributed by atoms with van der Waals surface area (Å²) in [5, 5.41) is 7.51. The van der Waals surface area contributed by atoms with Gasteiger partial charge in [-0.2, -0.15) is 10.2 Å². The molecule has 3 aromatic rings. The van der Waals surface area contributed by atoms with Crippen molar-refractivity contribution in [3.05, 3.63) is 30.6 Å². The molecule has 2 aromatic heterocycles. The molecule has 108 valence electrons. The van der Waals surface area contributed by atoms with E-state index >= 15 is 0 Å². The van der Waals surface area contributed by atoms with E-state index in [4.69, 9.17) is 15.4 Å². The second kappa shape index (κ2) is 4.97. The lowest BCUT2D eigenvalue weighted by atomic mass is 10.2. The van der Waals surface area contributed by atoms with Crippen molar-refractivity contribution < 1.29 is 13.2 Å². The van der Waals surface area contributed by atoms with Crippen LogP contribution in [0.1, 0.15) is 0 Å². The quantitative estimate of drug-likeness (QED) is 0.739. The molecule has 1 N–H and O–H groups in total. The largest absolute Gasteiger partial charge is 0.496 e. The van der Waals surface area contributed by atoms with Gasteiger partial charge in [0, 0.05) is 16.7 Å². The Balaban J connectivity index is 2.17. The van der Waals surface area contributed by atoms with Crippen LogP contribution in [0.5, 0.6) is 5.75 Å². The SMILES string of the molecule is COc1cc(S(=O)(=O)Cl)ccc1-c1nc2cnncc2[nH]1. The fraction of sp³-hybridized carbons (Fsp3) is 0.0833. The van der Waals surface area contributed by atoms with E-state index in [9.17, 15) is 8.42 Å². The zero-order chi connectivity index (χ0) is 15.0. The average molecular weight is 325 g/mol. The fourth-order valence-corrected chi connectivity index (χ4v) is 2.69. The Kier molecular flexibility index (Phi) is 3.26. The smallest absolute Gasteiger partial charge is 0.261 e. The molecule has 0 amide bonds. The first kappa shape index (κ1) is 13.8. The van der Waals surface area contributed by atoms with Crippen LogP contribution in [-0.2, 0) is 9.05 Å². The van der Waals surface area contributed by atoms with Gasteiger partial charge in [-0.25, -0.2) is 13.4 Å². The lowest BCUT2D eigenvalue weighted by molar-refractivity contribution is 0.415. The van der Waals surface area contributed by atoms with E-state index in [0.717, 1.165) is 5.52 Å². The third-order valence-electron chi connectivity index (χ3n) is 2.90. The summed E-state index contributed by atoms with van der Waals surface area (Å²) < 4.78 is 27.9.